The van der Waals surface area contributed by atoms with Crippen molar-refractivity contribution in [3.63, 3.8) is 0 Å². The topological polar surface area (TPSA) is 41.1 Å². The van der Waals surface area contributed by atoms with Crippen LogP contribution in [0.3, 0.4) is 0 Å². The van der Waals surface area contributed by atoms with Crippen LogP contribution in [0.2, 0.25) is 0 Å². The first-order valence-electron chi connectivity index (χ1n) is 10.5. The normalized spacial score (nSPS) is 25.5. The molecule has 1 aromatic carbocycles. The van der Waals surface area contributed by atoms with E-state index in [2.05, 4.69) is 78.2 Å². The number of carbonyl (C=O) groups is 1. The van der Waals surface area contributed by atoms with Crippen molar-refractivity contribution < 1.29 is 4.79 Å². The van der Waals surface area contributed by atoms with E-state index in [-0.39, 0.29) is 33.9 Å². The van der Waals surface area contributed by atoms with Crippen LogP contribution in [0.15, 0.2) is 18.2 Å². The molecule has 27 heavy (non-hydrogen) atoms. The summed E-state index contributed by atoms with van der Waals surface area (Å²) in [5.41, 5.74) is 3.91. The summed E-state index contributed by atoms with van der Waals surface area (Å²) in [6, 6.07) is 6.57. The van der Waals surface area contributed by atoms with E-state index in [4.69, 9.17) is 0 Å². The third kappa shape index (κ3) is 4.23. The zero-order chi connectivity index (χ0) is 20.3. The molecule has 1 aliphatic heterocycles. The lowest BCUT2D eigenvalue weighted by Crippen LogP contribution is -2.62. The van der Waals surface area contributed by atoms with E-state index in [1.807, 2.05) is 6.07 Å². The summed E-state index contributed by atoms with van der Waals surface area (Å²) >= 11 is 0. The minimum atomic E-state index is 0.0293. The minimum absolute atomic E-state index is 0.0293. The molecule has 1 aromatic rings. The molecular weight excluding hydrogens is 332 g/mol. The fraction of sp³-hybridized carbons (Fsp3) is 0.708. The molecule has 3 heteroatoms. The smallest absolute Gasteiger partial charge is 0.251 e. The quantitative estimate of drug-likeness (QED) is 0.763. The molecule has 1 amide bonds. The molecule has 0 bridgehead atoms. The second-order valence-corrected chi connectivity index (χ2v) is 11.5. The highest BCUT2D eigenvalue weighted by molar-refractivity contribution is 5.94. The summed E-state index contributed by atoms with van der Waals surface area (Å²) in [6.07, 6.45) is 4.25. The fourth-order valence-corrected chi connectivity index (χ4v) is 5.42. The zero-order valence-corrected chi connectivity index (χ0v) is 18.5. The van der Waals surface area contributed by atoms with Gasteiger partial charge in [-0.1, -0.05) is 33.8 Å². The third-order valence-electron chi connectivity index (χ3n) is 6.64. The number of amides is 1. The van der Waals surface area contributed by atoms with Gasteiger partial charge in [0.1, 0.15) is 0 Å². The van der Waals surface area contributed by atoms with Crippen molar-refractivity contribution in [1.29, 1.82) is 0 Å². The van der Waals surface area contributed by atoms with Crippen molar-refractivity contribution in [2.75, 3.05) is 0 Å². The Labute approximate surface area is 165 Å². The molecule has 0 radical (unpaired) electrons. The average Bonchev–Trinajstić information content (AvgIpc) is 2.48. The Bertz CT molecular complexity index is 727. The first-order chi connectivity index (χ1) is 12.2. The number of nitrogens with one attached hydrogen (secondary N) is 2. The van der Waals surface area contributed by atoms with Crippen LogP contribution in [0.4, 0.5) is 0 Å². The summed E-state index contributed by atoms with van der Waals surface area (Å²) in [4.78, 5) is 13.1. The molecule has 1 aliphatic carbocycles. The maximum atomic E-state index is 13.1. The standard InChI is InChI=1S/C24H38N2O/c1-21(2)11-12-22(3,4)19-13-16(9-10-18(19)21)20(27)25-17-14-23(5,6)26-24(7,8)15-17/h9-10,13,17,26H,11-12,14-15H2,1-8H3,(H,25,27). The Morgan fingerprint density at radius 3 is 1.96 bits per heavy atom. The number of hydrogen-bond donors (Lipinski definition) is 2. The predicted octanol–water partition coefficient (Wildman–Crippen LogP) is 5.07. The van der Waals surface area contributed by atoms with Crippen LogP contribution in [0, 0.1) is 0 Å². The number of carbonyl (C=O) groups excluding carboxylic acids is 1. The van der Waals surface area contributed by atoms with Gasteiger partial charge in [-0.05, 0) is 87.5 Å². The molecule has 0 saturated carbocycles. The van der Waals surface area contributed by atoms with Crippen molar-refractivity contribution in [2.24, 2.45) is 0 Å². The van der Waals surface area contributed by atoms with Crippen LogP contribution in [-0.2, 0) is 10.8 Å². The average molecular weight is 371 g/mol. The molecule has 1 heterocycles. The van der Waals surface area contributed by atoms with Crippen molar-refractivity contribution in [2.45, 2.75) is 109 Å². The number of benzene rings is 1. The number of piperidine rings is 1. The Morgan fingerprint density at radius 2 is 1.41 bits per heavy atom. The second-order valence-electron chi connectivity index (χ2n) is 11.5. The monoisotopic (exact) mass is 370 g/mol. The summed E-state index contributed by atoms with van der Waals surface area (Å²) in [7, 11) is 0. The van der Waals surface area contributed by atoms with E-state index in [0.717, 1.165) is 24.8 Å². The summed E-state index contributed by atoms with van der Waals surface area (Å²) in [6.45, 7) is 18.1. The van der Waals surface area contributed by atoms with Gasteiger partial charge in [-0.15, -0.1) is 0 Å². The molecule has 150 valence electrons. The van der Waals surface area contributed by atoms with Gasteiger partial charge in [0.15, 0.2) is 0 Å². The van der Waals surface area contributed by atoms with Crippen LogP contribution in [0.25, 0.3) is 0 Å². The van der Waals surface area contributed by atoms with E-state index in [9.17, 15) is 4.79 Å². The summed E-state index contributed by atoms with van der Waals surface area (Å²) < 4.78 is 0. The molecule has 0 spiro atoms. The first kappa shape index (κ1) is 20.4. The van der Waals surface area contributed by atoms with E-state index >= 15 is 0 Å². The first-order valence-corrected chi connectivity index (χ1v) is 10.5. The highest BCUT2D eigenvalue weighted by Crippen LogP contribution is 2.45. The second kappa shape index (κ2) is 6.34. The Hall–Kier alpha value is -1.35. The van der Waals surface area contributed by atoms with Gasteiger partial charge < -0.3 is 10.6 Å². The highest BCUT2D eigenvalue weighted by Gasteiger charge is 2.39. The van der Waals surface area contributed by atoms with Gasteiger partial charge in [0.05, 0.1) is 0 Å². The largest absolute Gasteiger partial charge is 0.349 e. The van der Waals surface area contributed by atoms with Gasteiger partial charge in [0.25, 0.3) is 5.91 Å². The third-order valence-corrected chi connectivity index (χ3v) is 6.64. The number of fused-ring (bicyclic) bond motifs is 1. The molecule has 2 aliphatic rings. The molecule has 0 atom stereocenters. The molecule has 0 aromatic heterocycles. The van der Waals surface area contributed by atoms with Crippen LogP contribution >= 0.6 is 0 Å². The highest BCUT2D eigenvalue weighted by atomic mass is 16.1. The van der Waals surface area contributed by atoms with E-state index in [1.165, 1.54) is 17.5 Å². The van der Waals surface area contributed by atoms with Crippen molar-refractivity contribution in [1.82, 2.24) is 10.6 Å². The lowest BCUT2D eigenvalue weighted by Gasteiger charge is -2.46. The molecule has 0 unspecified atom stereocenters. The minimum Gasteiger partial charge on any atom is -0.349 e. The molecule has 3 nitrogen and oxygen atoms in total. The van der Waals surface area contributed by atoms with Gasteiger partial charge in [0, 0.05) is 22.7 Å². The van der Waals surface area contributed by atoms with Crippen LogP contribution < -0.4 is 10.6 Å². The maximum absolute atomic E-state index is 13.1. The Balaban J connectivity index is 1.84. The van der Waals surface area contributed by atoms with Crippen LogP contribution in [-0.4, -0.2) is 23.0 Å². The molecule has 3 rings (SSSR count). The lowest BCUT2D eigenvalue weighted by atomic mass is 9.63. The van der Waals surface area contributed by atoms with Crippen LogP contribution in [0.5, 0.6) is 0 Å². The van der Waals surface area contributed by atoms with Crippen molar-refractivity contribution in [3.8, 4) is 0 Å². The van der Waals surface area contributed by atoms with E-state index < -0.39 is 0 Å². The van der Waals surface area contributed by atoms with Gasteiger partial charge in [-0.2, -0.15) is 0 Å². The van der Waals surface area contributed by atoms with Crippen LogP contribution in [0.1, 0.15) is 103 Å². The van der Waals surface area contributed by atoms with Gasteiger partial charge in [0.2, 0.25) is 0 Å². The van der Waals surface area contributed by atoms with E-state index in [0.29, 0.717) is 0 Å². The summed E-state index contributed by atoms with van der Waals surface area (Å²) in [5.74, 6) is 0.0653. The number of hydrogen-bond acceptors (Lipinski definition) is 2. The van der Waals surface area contributed by atoms with Gasteiger partial charge in [-0.25, -0.2) is 0 Å². The molecule has 2 N–H and O–H groups in total. The SMILES string of the molecule is CC1(C)CC(NC(=O)c2ccc3c(c2)C(C)(C)CCC3(C)C)CC(C)(C)N1. The predicted molar refractivity (Wildman–Crippen MR) is 114 cm³/mol. The summed E-state index contributed by atoms with van der Waals surface area (Å²) in [5, 5.41) is 7.01. The number of rotatable bonds is 2. The van der Waals surface area contributed by atoms with Gasteiger partial charge in [-0.3, -0.25) is 4.79 Å². The Morgan fingerprint density at radius 1 is 0.889 bits per heavy atom. The lowest BCUT2D eigenvalue weighted by molar-refractivity contribution is 0.0873. The van der Waals surface area contributed by atoms with E-state index in [1.54, 1.807) is 0 Å². The maximum Gasteiger partial charge on any atom is 0.251 e. The Kier molecular flexibility index (Phi) is 4.78. The molecule has 1 saturated heterocycles. The van der Waals surface area contributed by atoms with Crippen molar-refractivity contribution >= 4 is 5.91 Å². The zero-order valence-electron chi connectivity index (χ0n) is 18.5. The van der Waals surface area contributed by atoms with Crippen molar-refractivity contribution in [3.05, 3.63) is 34.9 Å². The fourth-order valence-electron chi connectivity index (χ4n) is 5.42. The van der Waals surface area contributed by atoms with Gasteiger partial charge >= 0.3 is 0 Å². The molecule has 1 fully saturated rings. The molecular formula is C24H38N2O.